The maximum atomic E-state index is 10.1. The van der Waals surface area contributed by atoms with Gasteiger partial charge in [-0.05, 0) is 12.8 Å². The molecule has 0 spiro atoms. The van der Waals surface area contributed by atoms with Crippen LogP contribution in [0.2, 0.25) is 0 Å². The molecule has 0 aromatic rings. The monoisotopic (exact) mass is 209 g/mol. The summed E-state index contributed by atoms with van der Waals surface area (Å²) in [6, 6.07) is 0. The van der Waals surface area contributed by atoms with Gasteiger partial charge in [0.1, 0.15) is 0 Å². The average Bonchev–Trinajstić information content (AvgIpc) is 1.95. The number of carboxylic acid groups (broad SMARTS) is 1. The molecule has 0 atom stereocenters. The molecule has 0 fully saturated rings. The number of aliphatic carboxylic acids is 1. The van der Waals surface area contributed by atoms with Gasteiger partial charge < -0.3 is 16.2 Å². The smallest absolute Gasteiger partial charge is 0.303 e. The predicted octanol–water partition coefficient (Wildman–Crippen LogP) is 0.536. The number of unbranched alkanes of at least 4 members (excludes halogenated alkanes) is 2. The lowest BCUT2D eigenvalue weighted by molar-refractivity contribution is -0.137. The Kier molecular flexibility index (Phi) is 10.2. The van der Waals surface area contributed by atoms with Crippen LogP contribution in [0.3, 0.4) is 0 Å². The number of carbonyl (C=O) groups is 1. The van der Waals surface area contributed by atoms with Crippen molar-refractivity contribution < 1.29 is 9.90 Å². The van der Waals surface area contributed by atoms with Crippen molar-refractivity contribution in [1.82, 2.24) is 5.32 Å². The van der Waals surface area contributed by atoms with Crippen LogP contribution >= 0.6 is 12.4 Å². The van der Waals surface area contributed by atoms with Crippen molar-refractivity contribution in [1.29, 1.82) is 5.41 Å². The highest BCUT2D eigenvalue weighted by Crippen LogP contribution is 1.97. The molecule has 13 heavy (non-hydrogen) atoms. The van der Waals surface area contributed by atoms with E-state index in [4.69, 9.17) is 16.2 Å². The van der Waals surface area contributed by atoms with E-state index in [1.54, 1.807) is 0 Å². The molecule has 5 nitrogen and oxygen atoms in total. The summed E-state index contributed by atoms with van der Waals surface area (Å²) in [6.45, 7) is 0.648. The van der Waals surface area contributed by atoms with Crippen molar-refractivity contribution in [3.8, 4) is 0 Å². The molecule has 5 N–H and O–H groups in total. The highest BCUT2D eigenvalue weighted by molar-refractivity contribution is 5.85. The molecule has 0 heterocycles. The van der Waals surface area contributed by atoms with Crippen molar-refractivity contribution in [2.75, 3.05) is 6.54 Å². The normalized spacial score (nSPS) is 8.62. The average molecular weight is 210 g/mol. The quantitative estimate of drug-likeness (QED) is 0.291. The van der Waals surface area contributed by atoms with Gasteiger partial charge in [0.2, 0.25) is 0 Å². The van der Waals surface area contributed by atoms with Crippen molar-refractivity contribution in [2.45, 2.75) is 25.7 Å². The Balaban J connectivity index is 0. The molecule has 6 heteroatoms. The maximum Gasteiger partial charge on any atom is 0.303 e. The second-order valence-electron chi connectivity index (χ2n) is 2.54. The zero-order valence-electron chi connectivity index (χ0n) is 7.38. The van der Waals surface area contributed by atoms with Crippen LogP contribution in [0.15, 0.2) is 0 Å². The van der Waals surface area contributed by atoms with Gasteiger partial charge in [-0.1, -0.05) is 6.42 Å². The minimum Gasteiger partial charge on any atom is -0.481 e. The third-order valence-corrected chi connectivity index (χ3v) is 1.38. The zero-order valence-corrected chi connectivity index (χ0v) is 8.19. The fourth-order valence-corrected chi connectivity index (χ4v) is 0.801. The lowest BCUT2D eigenvalue weighted by Gasteiger charge is -2.01. The number of halogens is 1. The van der Waals surface area contributed by atoms with Gasteiger partial charge in [0.05, 0.1) is 0 Å². The van der Waals surface area contributed by atoms with Gasteiger partial charge in [0.15, 0.2) is 5.96 Å². The Morgan fingerprint density at radius 3 is 2.46 bits per heavy atom. The first kappa shape index (κ1) is 14.5. The fraction of sp³-hybridized carbons (Fsp3) is 0.714. The molecule has 0 saturated heterocycles. The van der Waals surface area contributed by atoms with Crippen LogP contribution in [0.4, 0.5) is 0 Å². The molecule has 0 aliphatic rings. The van der Waals surface area contributed by atoms with Gasteiger partial charge in [-0.3, -0.25) is 10.2 Å². The van der Waals surface area contributed by atoms with E-state index in [0.29, 0.717) is 13.0 Å². The molecule has 78 valence electrons. The Morgan fingerprint density at radius 2 is 2.00 bits per heavy atom. The van der Waals surface area contributed by atoms with Crippen LogP contribution in [0.5, 0.6) is 0 Å². The van der Waals surface area contributed by atoms with Crippen LogP contribution in [-0.4, -0.2) is 23.6 Å². The SMILES string of the molecule is Cl.N=C(N)NCCCCCC(=O)O. The molecular weight excluding hydrogens is 194 g/mol. The highest BCUT2D eigenvalue weighted by atomic mass is 35.5. The van der Waals surface area contributed by atoms with Crippen LogP contribution in [0.1, 0.15) is 25.7 Å². The molecule has 0 rings (SSSR count). The first-order valence-electron chi connectivity index (χ1n) is 3.92. The third kappa shape index (κ3) is 13.9. The highest BCUT2D eigenvalue weighted by Gasteiger charge is 1.95. The number of guanidine groups is 1. The number of rotatable bonds is 6. The Hall–Kier alpha value is -0.970. The summed E-state index contributed by atoms with van der Waals surface area (Å²) in [5.74, 6) is -0.789. The summed E-state index contributed by atoms with van der Waals surface area (Å²) in [4.78, 5) is 10.1. The minimum absolute atomic E-state index is 0. The molecular formula is C7H16ClN3O2. The van der Waals surface area contributed by atoms with Crippen molar-refractivity contribution >= 4 is 24.3 Å². The van der Waals surface area contributed by atoms with Gasteiger partial charge in [-0.2, -0.15) is 0 Å². The van der Waals surface area contributed by atoms with Gasteiger partial charge in [0, 0.05) is 13.0 Å². The largest absolute Gasteiger partial charge is 0.481 e. The van der Waals surface area contributed by atoms with Crippen LogP contribution in [-0.2, 0) is 4.79 Å². The van der Waals surface area contributed by atoms with E-state index in [1.165, 1.54) is 0 Å². The Labute approximate surface area is 83.6 Å². The summed E-state index contributed by atoms with van der Waals surface area (Å²) in [5, 5.41) is 17.8. The summed E-state index contributed by atoms with van der Waals surface area (Å²) in [5.41, 5.74) is 5.03. The zero-order chi connectivity index (χ0) is 9.40. The summed E-state index contributed by atoms with van der Waals surface area (Å²) < 4.78 is 0. The number of hydrogen-bond acceptors (Lipinski definition) is 2. The molecule has 0 saturated carbocycles. The lowest BCUT2D eigenvalue weighted by Crippen LogP contribution is -2.30. The molecule has 0 aliphatic carbocycles. The topological polar surface area (TPSA) is 99.2 Å². The van der Waals surface area contributed by atoms with E-state index in [1.807, 2.05) is 0 Å². The van der Waals surface area contributed by atoms with Gasteiger partial charge in [-0.25, -0.2) is 0 Å². The molecule has 0 aromatic heterocycles. The van der Waals surface area contributed by atoms with E-state index in [2.05, 4.69) is 5.32 Å². The summed E-state index contributed by atoms with van der Waals surface area (Å²) in [6.07, 6.45) is 2.62. The first-order chi connectivity index (χ1) is 5.63. The van der Waals surface area contributed by atoms with Crippen molar-refractivity contribution in [3.05, 3.63) is 0 Å². The number of nitrogens with two attached hydrogens (primary N) is 1. The molecule has 0 amide bonds. The third-order valence-electron chi connectivity index (χ3n) is 1.38. The minimum atomic E-state index is -0.755. The van der Waals surface area contributed by atoms with Crippen molar-refractivity contribution in [3.63, 3.8) is 0 Å². The molecule has 0 bridgehead atoms. The van der Waals surface area contributed by atoms with Crippen LogP contribution in [0.25, 0.3) is 0 Å². The van der Waals surface area contributed by atoms with E-state index >= 15 is 0 Å². The van der Waals surface area contributed by atoms with Crippen LogP contribution in [0, 0.1) is 5.41 Å². The first-order valence-corrected chi connectivity index (χ1v) is 3.92. The van der Waals surface area contributed by atoms with Crippen molar-refractivity contribution in [2.24, 2.45) is 5.73 Å². The summed E-state index contributed by atoms with van der Waals surface area (Å²) >= 11 is 0. The predicted molar refractivity (Wildman–Crippen MR) is 53.3 cm³/mol. The lowest BCUT2D eigenvalue weighted by atomic mass is 10.2. The summed E-state index contributed by atoms with van der Waals surface area (Å²) in [7, 11) is 0. The number of nitrogens with one attached hydrogen (secondary N) is 2. The Bertz CT molecular complexity index is 146. The van der Waals surface area contributed by atoms with E-state index in [9.17, 15) is 4.79 Å². The van der Waals surface area contributed by atoms with Gasteiger partial charge >= 0.3 is 5.97 Å². The molecule has 0 radical (unpaired) electrons. The number of carboxylic acids is 1. The second kappa shape index (κ2) is 9.12. The Morgan fingerprint density at radius 1 is 1.38 bits per heavy atom. The fourth-order valence-electron chi connectivity index (χ4n) is 0.801. The van der Waals surface area contributed by atoms with Gasteiger partial charge in [-0.15, -0.1) is 12.4 Å². The maximum absolute atomic E-state index is 10.1. The van der Waals surface area contributed by atoms with E-state index < -0.39 is 5.97 Å². The van der Waals surface area contributed by atoms with Crippen LogP contribution < -0.4 is 11.1 Å². The van der Waals surface area contributed by atoms with Gasteiger partial charge in [0.25, 0.3) is 0 Å². The van der Waals surface area contributed by atoms with E-state index in [-0.39, 0.29) is 24.8 Å². The van der Waals surface area contributed by atoms with E-state index in [0.717, 1.165) is 12.8 Å². The molecule has 0 aliphatic heterocycles. The molecule has 0 aromatic carbocycles. The number of hydrogen-bond donors (Lipinski definition) is 4. The standard InChI is InChI=1S/C7H15N3O2.ClH/c8-7(9)10-5-3-1-2-4-6(11)12;/h1-5H2,(H,11,12)(H4,8,9,10);1H. The molecule has 0 unspecified atom stereocenters. The second-order valence-corrected chi connectivity index (χ2v) is 2.54.